The number of carbonyl (C=O) groups excluding carboxylic acids is 1. The number of amides is 1. The summed E-state index contributed by atoms with van der Waals surface area (Å²) in [7, 11) is 1.54. The summed E-state index contributed by atoms with van der Waals surface area (Å²) in [5.41, 5.74) is -0.730. The smallest absolute Gasteiger partial charge is 0.417 e. The molecule has 0 aliphatic carbocycles. The van der Waals surface area contributed by atoms with Gasteiger partial charge in [-0.15, -0.1) is 0 Å². The number of methoxy groups -OCH3 is 1. The van der Waals surface area contributed by atoms with E-state index in [0.717, 1.165) is 18.2 Å². The van der Waals surface area contributed by atoms with Gasteiger partial charge in [-0.3, -0.25) is 4.79 Å². The number of pyridine rings is 1. The van der Waals surface area contributed by atoms with Gasteiger partial charge in [-0.1, -0.05) is 0 Å². The third kappa shape index (κ3) is 6.50. The Hall–Kier alpha value is -2.72. The minimum Gasteiger partial charge on any atom is -0.436 e. The maximum Gasteiger partial charge on any atom is 0.417 e. The van der Waals surface area contributed by atoms with Gasteiger partial charge < -0.3 is 20.1 Å². The molecule has 6 nitrogen and oxygen atoms in total. The lowest BCUT2D eigenvalue weighted by molar-refractivity contribution is -0.137. The highest BCUT2D eigenvalue weighted by molar-refractivity contribution is 5.92. The summed E-state index contributed by atoms with van der Waals surface area (Å²) in [5, 5.41) is 5.33. The fourth-order valence-electron chi connectivity index (χ4n) is 1.96. The molecule has 0 radical (unpaired) electrons. The SMILES string of the molecule is COCCNCC(=O)Nc1ccc(Oc2ccc(C(F)(F)F)cn2)c(F)c1. The van der Waals surface area contributed by atoms with E-state index >= 15 is 0 Å². The maximum absolute atomic E-state index is 14.1. The molecule has 1 heterocycles. The van der Waals surface area contributed by atoms with Crippen molar-refractivity contribution in [3.05, 3.63) is 47.9 Å². The highest BCUT2D eigenvalue weighted by atomic mass is 19.4. The van der Waals surface area contributed by atoms with E-state index in [9.17, 15) is 22.4 Å². The van der Waals surface area contributed by atoms with Gasteiger partial charge in [0.2, 0.25) is 11.8 Å². The first-order chi connectivity index (χ1) is 12.8. The minimum atomic E-state index is -4.52. The molecule has 0 saturated carbocycles. The van der Waals surface area contributed by atoms with Crippen LogP contribution in [0, 0.1) is 5.82 Å². The van der Waals surface area contributed by atoms with E-state index in [2.05, 4.69) is 15.6 Å². The summed E-state index contributed by atoms with van der Waals surface area (Å²) in [6, 6.07) is 5.44. The first kappa shape index (κ1) is 20.6. The van der Waals surface area contributed by atoms with Gasteiger partial charge >= 0.3 is 6.18 Å². The Balaban J connectivity index is 1.95. The van der Waals surface area contributed by atoms with Gasteiger partial charge in [-0.25, -0.2) is 9.37 Å². The average molecular weight is 387 g/mol. The second kappa shape index (κ2) is 9.28. The lowest BCUT2D eigenvalue weighted by Gasteiger charge is -2.10. The topological polar surface area (TPSA) is 72.5 Å². The second-order valence-corrected chi connectivity index (χ2v) is 5.35. The zero-order chi connectivity index (χ0) is 19.9. The van der Waals surface area contributed by atoms with Crippen LogP contribution in [0.3, 0.4) is 0 Å². The highest BCUT2D eigenvalue weighted by Crippen LogP contribution is 2.30. The average Bonchev–Trinajstić information content (AvgIpc) is 2.61. The Morgan fingerprint density at radius 3 is 2.59 bits per heavy atom. The summed E-state index contributed by atoms with van der Waals surface area (Å²) in [6.45, 7) is 0.968. The molecule has 10 heteroatoms. The largest absolute Gasteiger partial charge is 0.436 e. The van der Waals surface area contributed by atoms with Crippen molar-refractivity contribution in [1.82, 2.24) is 10.3 Å². The molecular formula is C17H17F4N3O3. The van der Waals surface area contributed by atoms with Crippen LogP contribution in [0.25, 0.3) is 0 Å². The monoisotopic (exact) mass is 387 g/mol. The second-order valence-electron chi connectivity index (χ2n) is 5.35. The van der Waals surface area contributed by atoms with Crippen LogP contribution in [0.4, 0.5) is 23.2 Å². The number of carbonyl (C=O) groups is 1. The number of nitrogens with one attached hydrogen (secondary N) is 2. The third-order valence-corrected chi connectivity index (χ3v) is 3.26. The number of ether oxygens (including phenoxy) is 2. The van der Waals surface area contributed by atoms with Gasteiger partial charge in [-0.2, -0.15) is 13.2 Å². The first-order valence-electron chi connectivity index (χ1n) is 7.80. The lowest BCUT2D eigenvalue weighted by Crippen LogP contribution is -2.30. The van der Waals surface area contributed by atoms with E-state index in [1.165, 1.54) is 19.2 Å². The van der Waals surface area contributed by atoms with Crippen molar-refractivity contribution in [1.29, 1.82) is 0 Å². The Bertz CT molecular complexity index is 767. The number of hydrogen-bond donors (Lipinski definition) is 2. The van der Waals surface area contributed by atoms with Gasteiger partial charge in [0.25, 0.3) is 0 Å². The molecule has 0 bridgehead atoms. The zero-order valence-electron chi connectivity index (χ0n) is 14.3. The minimum absolute atomic E-state index is 0.0265. The Labute approximate surface area is 152 Å². The van der Waals surface area contributed by atoms with Crippen molar-refractivity contribution in [3.63, 3.8) is 0 Å². The molecule has 2 N–H and O–H groups in total. The molecule has 0 fully saturated rings. The number of nitrogens with zero attached hydrogens (tertiary/aromatic N) is 1. The summed E-state index contributed by atoms with van der Waals surface area (Å²) in [6.07, 6.45) is -3.92. The number of hydrogen-bond acceptors (Lipinski definition) is 5. The van der Waals surface area contributed by atoms with E-state index < -0.39 is 17.6 Å². The quantitative estimate of drug-likeness (QED) is 0.538. The molecule has 0 unspecified atom stereocenters. The highest BCUT2D eigenvalue weighted by Gasteiger charge is 2.30. The van der Waals surface area contributed by atoms with Crippen LogP contribution in [-0.2, 0) is 15.7 Å². The first-order valence-corrected chi connectivity index (χ1v) is 7.80. The molecule has 1 aromatic heterocycles. The standard InChI is InChI=1S/C17H17F4N3O3/c1-26-7-6-22-10-15(25)24-12-3-4-14(13(18)8-12)27-16-5-2-11(9-23-16)17(19,20)21/h2-5,8-9,22H,6-7,10H2,1H3,(H,24,25). The lowest BCUT2D eigenvalue weighted by atomic mass is 10.2. The number of rotatable bonds is 8. The molecule has 0 saturated heterocycles. The van der Waals surface area contributed by atoms with Crippen LogP contribution in [0.15, 0.2) is 36.5 Å². The van der Waals surface area contributed by atoms with Crippen LogP contribution in [0.1, 0.15) is 5.56 Å². The molecule has 2 rings (SSSR count). The normalized spacial score (nSPS) is 11.3. The van der Waals surface area contributed by atoms with Gasteiger partial charge in [0.05, 0.1) is 18.7 Å². The Kier molecular flexibility index (Phi) is 7.08. The summed E-state index contributed by atoms with van der Waals surface area (Å²) in [4.78, 5) is 15.2. The fourth-order valence-corrected chi connectivity index (χ4v) is 1.96. The number of benzene rings is 1. The van der Waals surface area contributed by atoms with Crippen LogP contribution >= 0.6 is 0 Å². The van der Waals surface area contributed by atoms with Crippen molar-refractivity contribution in [2.24, 2.45) is 0 Å². The summed E-state index contributed by atoms with van der Waals surface area (Å²) < 4.78 is 61.5. The van der Waals surface area contributed by atoms with Crippen molar-refractivity contribution in [3.8, 4) is 11.6 Å². The van der Waals surface area contributed by atoms with Crippen molar-refractivity contribution in [2.45, 2.75) is 6.18 Å². The number of alkyl halides is 3. The van der Waals surface area contributed by atoms with Gasteiger partial charge in [-0.05, 0) is 18.2 Å². The Morgan fingerprint density at radius 2 is 2.00 bits per heavy atom. The van der Waals surface area contributed by atoms with E-state index in [-0.39, 0.29) is 29.8 Å². The van der Waals surface area contributed by atoms with E-state index in [4.69, 9.17) is 9.47 Å². The van der Waals surface area contributed by atoms with Crippen LogP contribution in [0.5, 0.6) is 11.6 Å². The molecule has 0 aliphatic heterocycles. The molecule has 1 aromatic carbocycles. The van der Waals surface area contributed by atoms with E-state index in [1.807, 2.05) is 0 Å². The molecular weight excluding hydrogens is 370 g/mol. The van der Waals surface area contributed by atoms with Crippen LogP contribution in [-0.4, -0.2) is 37.7 Å². The van der Waals surface area contributed by atoms with Gasteiger partial charge in [0.1, 0.15) is 0 Å². The van der Waals surface area contributed by atoms with E-state index in [1.54, 1.807) is 0 Å². The molecule has 2 aromatic rings. The zero-order valence-corrected chi connectivity index (χ0v) is 14.3. The van der Waals surface area contributed by atoms with Crippen molar-refractivity contribution >= 4 is 11.6 Å². The Morgan fingerprint density at radius 1 is 1.22 bits per heavy atom. The summed E-state index contributed by atoms with van der Waals surface area (Å²) >= 11 is 0. The van der Waals surface area contributed by atoms with Crippen LogP contribution < -0.4 is 15.4 Å². The molecule has 0 atom stereocenters. The predicted molar refractivity (Wildman–Crippen MR) is 89.1 cm³/mol. The molecule has 0 spiro atoms. The molecule has 0 aliphatic rings. The summed E-state index contributed by atoms with van der Waals surface area (Å²) in [5.74, 6) is -1.61. The third-order valence-electron chi connectivity index (χ3n) is 3.26. The maximum atomic E-state index is 14.1. The number of anilines is 1. The molecule has 1 amide bonds. The van der Waals surface area contributed by atoms with Gasteiger partial charge in [0, 0.05) is 37.7 Å². The number of halogens is 4. The van der Waals surface area contributed by atoms with Crippen molar-refractivity contribution in [2.75, 3.05) is 32.1 Å². The van der Waals surface area contributed by atoms with E-state index in [0.29, 0.717) is 19.3 Å². The fraction of sp³-hybridized carbons (Fsp3) is 0.294. The molecule has 146 valence electrons. The predicted octanol–water partition coefficient (Wildman–Crippen LogP) is 3.21. The van der Waals surface area contributed by atoms with Gasteiger partial charge in [0.15, 0.2) is 11.6 Å². The van der Waals surface area contributed by atoms with Crippen molar-refractivity contribution < 1.29 is 31.8 Å². The molecule has 27 heavy (non-hydrogen) atoms. The number of aromatic nitrogens is 1. The van der Waals surface area contributed by atoms with Crippen LogP contribution in [0.2, 0.25) is 0 Å².